The second-order valence-electron chi connectivity index (χ2n) is 8.03. The molecule has 0 saturated carbocycles. The van der Waals surface area contributed by atoms with Crippen LogP contribution in [-0.2, 0) is 10.2 Å². The summed E-state index contributed by atoms with van der Waals surface area (Å²) in [5, 5.41) is 23.0. The Bertz CT molecular complexity index is 1050. The molecular formula is C24H27N4O2S-. The fourth-order valence-electron chi connectivity index (χ4n) is 4.40. The molecule has 1 atom stereocenters. The van der Waals surface area contributed by atoms with Crippen molar-refractivity contribution in [3.05, 3.63) is 64.9 Å². The molecule has 2 heterocycles. The Balaban J connectivity index is 2.00. The summed E-state index contributed by atoms with van der Waals surface area (Å²) >= 11 is 5.30. The lowest BCUT2D eigenvalue weighted by atomic mass is 9.82. The molecule has 2 aliphatic rings. The smallest absolute Gasteiger partial charge is 0.256 e. The third-order valence-corrected chi connectivity index (χ3v) is 6.41. The minimum absolute atomic E-state index is 0.123. The first-order valence-electron chi connectivity index (χ1n) is 10.3. The van der Waals surface area contributed by atoms with Crippen molar-refractivity contribution in [2.45, 2.75) is 39.3 Å². The highest BCUT2D eigenvalue weighted by Gasteiger charge is 2.40. The number of nitrogens with zero attached hydrogens (tertiary/aromatic N) is 4. The van der Waals surface area contributed by atoms with Crippen LogP contribution in [0.25, 0.3) is 0 Å². The molecule has 1 aromatic carbocycles. The van der Waals surface area contributed by atoms with Crippen LogP contribution in [0, 0.1) is 11.3 Å². The van der Waals surface area contributed by atoms with Gasteiger partial charge in [-0.05, 0) is 50.0 Å². The second-order valence-corrected chi connectivity index (χ2v) is 8.39. The largest absolute Gasteiger partial charge is 0.832 e. The molecule has 7 heteroatoms. The number of hydrogen-bond acceptors (Lipinski definition) is 5. The van der Waals surface area contributed by atoms with Crippen LogP contribution in [0.4, 0.5) is 5.69 Å². The van der Waals surface area contributed by atoms with Crippen LogP contribution in [-0.4, -0.2) is 47.2 Å². The van der Waals surface area contributed by atoms with E-state index < -0.39 is 6.23 Å². The van der Waals surface area contributed by atoms with E-state index >= 15 is 0 Å². The molecule has 1 fully saturated rings. The number of amides is 1. The van der Waals surface area contributed by atoms with Crippen molar-refractivity contribution in [2.75, 3.05) is 25.0 Å². The van der Waals surface area contributed by atoms with Crippen LogP contribution < -0.4 is 10.0 Å². The van der Waals surface area contributed by atoms with Gasteiger partial charge in [-0.1, -0.05) is 44.2 Å². The molecule has 0 aliphatic carbocycles. The Kier molecular flexibility index (Phi) is 6.35. The molecule has 1 aromatic rings. The first-order valence-corrected chi connectivity index (χ1v) is 10.8. The number of rotatable bonds is 4. The average Bonchev–Trinajstić information content (AvgIpc) is 2.94. The predicted molar refractivity (Wildman–Crippen MR) is 124 cm³/mol. The number of nitriles is 1. The molecule has 1 unspecified atom stereocenters. The molecular weight excluding hydrogens is 408 g/mol. The van der Waals surface area contributed by atoms with Crippen molar-refractivity contribution < 1.29 is 9.90 Å². The van der Waals surface area contributed by atoms with E-state index in [0.29, 0.717) is 18.7 Å². The Morgan fingerprint density at radius 2 is 1.97 bits per heavy atom. The molecule has 0 bridgehead atoms. The van der Waals surface area contributed by atoms with Crippen LogP contribution in [0.5, 0.6) is 0 Å². The van der Waals surface area contributed by atoms with Crippen LogP contribution in [0.15, 0.2) is 59.3 Å². The molecule has 1 amide bonds. The molecule has 3 rings (SSSR count). The first-order chi connectivity index (χ1) is 14.7. The molecule has 0 spiro atoms. The minimum atomic E-state index is -1.36. The summed E-state index contributed by atoms with van der Waals surface area (Å²) in [5.74, 6) is -0.376. The van der Waals surface area contributed by atoms with Gasteiger partial charge in [0, 0.05) is 42.5 Å². The van der Waals surface area contributed by atoms with E-state index in [0.717, 1.165) is 16.9 Å². The number of anilines is 1. The van der Waals surface area contributed by atoms with Gasteiger partial charge in [0.1, 0.15) is 6.07 Å². The highest BCUT2D eigenvalue weighted by Crippen LogP contribution is 2.47. The maximum absolute atomic E-state index is 12.8. The molecule has 0 aromatic heterocycles. The van der Waals surface area contributed by atoms with E-state index in [1.165, 1.54) is 15.9 Å². The zero-order valence-electron chi connectivity index (χ0n) is 18.5. The zero-order valence-corrected chi connectivity index (χ0v) is 19.4. The van der Waals surface area contributed by atoms with Gasteiger partial charge in [-0.2, -0.15) is 5.26 Å². The summed E-state index contributed by atoms with van der Waals surface area (Å²) in [6.45, 7) is 8.65. The van der Waals surface area contributed by atoms with Gasteiger partial charge in [-0.15, -0.1) is 0 Å². The Morgan fingerprint density at radius 3 is 2.55 bits per heavy atom. The fourth-order valence-corrected chi connectivity index (χ4v) is 4.84. The summed E-state index contributed by atoms with van der Waals surface area (Å²) in [5.41, 5.74) is 3.36. The highest BCUT2D eigenvalue weighted by molar-refractivity contribution is 7.80. The fraction of sp³-hybridized carbons (Fsp3) is 0.375. The van der Waals surface area contributed by atoms with Gasteiger partial charge >= 0.3 is 0 Å². The predicted octanol–water partition coefficient (Wildman–Crippen LogP) is 2.83. The van der Waals surface area contributed by atoms with Crippen LogP contribution in [0.2, 0.25) is 0 Å². The number of carbonyl (C=O) groups is 1. The monoisotopic (exact) mass is 435 g/mol. The van der Waals surface area contributed by atoms with Crippen molar-refractivity contribution in [1.29, 1.82) is 5.26 Å². The van der Waals surface area contributed by atoms with Gasteiger partial charge in [0.05, 0.1) is 5.57 Å². The lowest BCUT2D eigenvalue weighted by Crippen LogP contribution is -2.62. The highest BCUT2D eigenvalue weighted by atomic mass is 32.1. The third kappa shape index (κ3) is 3.67. The molecule has 6 nitrogen and oxygen atoms in total. The molecule has 2 aliphatic heterocycles. The number of allylic oxidation sites excluding steroid dienone is 5. The van der Waals surface area contributed by atoms with Gasteiger partial charge in [0.25, 0.3) is 5.91 Å². The van der Waals surface area contributed by atoms with Gasteiger partial charge in [0.2, 0.25) is 0 Å². The van der Waals surface area contributed by atoms with Gasteiger partial charge in [-0.25, -0.2) is 0 Å². The van der Waals surface area contributed by atoms with Crippen LogP contribution >= 0.6 is 12.2 Å². The van der Waals surface area contributed by atoms with E-state index in [-0.39, 0.29) is 22.0 Å². The number of hydrogen-bond donors (Lipinski definition) is 0. The molecule has 0 radical (unpaired) electrons. The topological polar surface area (TPSA) is 73.6 Å². The standard InChI is InChI=1S/C24H27N4O2S/c1-6-27-21(29)17(22(30)28(7-2)23(27)31)12-10-11-16(15-25)20-24(3,4)18-13-8-9-14-19(18)26(20)5/h8-14,21H,6-7H2,1-5H3/q-1/b11-10+,17-12-,20-16-. The van der Waals surface area contributed by atoms with Gasteiger partial charge in [-0.3, -0.25) is 9.69 Å². The molecule has 1 saturated heterocycles. The summed E-state index contributed by atoms with van der Waals surface area (Å²) in [7, 11) is 1.95. The number of benzene rings is 1. The van der Waals surface area contributed by atoms with E-state index in [2.05, 4.69) is 26.0 Å². The Hall–Kier alpha value is -2.95. The van der Waals surface area contributed by atoms with Gasteiger partial charge < -0.3 is 14.9 Å². The zero-order chi connectivity index (χ0) is 22.9. The Morgan fingerprint density at radius 1 is 1.29 bits per heavy atom. The van der Waals surface area contributed by atoms with Crippen molar-refractivity contribution in [3.8, 4) is 6.07 Å². The summed E-state index contributed by atoms with van der Waals surface area (Å²) in [6, 6.07) is 10.4. The van der Waals surface area contributed by atoms with E-state index in [4.69, 9.17) is 12.2 Å². The number of likely N-dealkylation sites (N-methyl/N-ethyl adjacent to an activating group) is 3. The molecule has 31 heavy (non-hydrogen) atoms. The van der Waals surface area contributed by atoms with E-state index in [1.54, 1.807) is 12.2 Å². The summed E-state index contributed by atoms with van der Waals surface area (Å²) < 4.78 is 0. The minimum Gasteiger partial charge on any atom is -0.832 e. The first kappa shape index (κ1) is 22.7. The van der Waals surface area contributed by atoms with E-state index in [1.807, 2.05) is 44.0 Å². The summed E-state index contributed by atoms with van der Waals surface area (Å²) in [6.07, 6.45) is 3.45. The SMILES string of the molecule is CCN1C(=O)\C(=C/C=C/C(C#N)=C2/N(C)c3ccccc3C2(C)C)C([O-])N(CC)C1=S. The quantitative estimate of drug-likeness (QED) is 0.411. The van der Waals surface area contributed by atoms with Crippen molar-refractivity contribution in [3.63, 3.8) is 0 Å². The lowest BCUT2D eigenvalue weighted by Gasteiger charge is -2.46. The number of para-hydroxylation sites is 1. The normalized spacial score (nSPS) is 23.6. The molecule has 162 valence electrons. The number of carbonyl (C=O) groups excluding carboxylic acids is 1. The maximum atomic E-state index is 12.8. The summed E-state index contributed by atoms with van der Waals surface area (Å²) in [4.78, 5) is 17.7. The number of thiocarbonyl (C=S) groups is 1. The van der Waals surface area contributed by atoms with E-state index in [9.17, 15) is 15.2 Å². The van der Waals surface area contributed by atoms with Crippen LogP contribution in [0.1, 0.15) is 33.3 Å². The second kappa shape index (κ2) is 8.66. The maximum Gasteiger partial charge on any atom is 0.256 e. The van der Waals surface area contributed by atoms with Crippen molar-refractivity contribution >= 4 is 28.9 Å². The van der Waals surface area contributed by atoms with Crippen LogP contribution in [0.3, 0.4) is 0 Å². The third-order valence-electron chi connectivity index (χ3n) is 5.96. The average molecular weight is 436 g/mol. The number of fused-ring (bicyclic) bond motifs is 1. The van der Waals surface area contributed by atoms with Crippen molar-refractivity contribution in [1.82, 2.24) is 9.80 Å². The van der Waals surface area contributed by atoms with Crippen molar-refractivity contribution in [2.24, 2.45) is 0 Å². The molecule has 0 N–H and O–H groups in total. The lowest BCUT2D eigenvalue weighted by molar-refractivity contribution is -0.436. The Labute approximate surface area is 189 Å². The van der Waals surface area contributed by atoms with Gasteiger partial charge in [0.15, 0.2) is 5.11 Å².